The van der Waals surface area contributed by atoms with Gasteiger partial charge in [-0.2, -0.15) is 0 Å². The SMILES string of the molecule is CC1(C)c2ccccc2-c2ccc(N(c3ccc4oc5ccccc5c4c3)c3ccc4ccc5sc6ccccc6c5c4c3)cc21. The average Bonchev–Trinajstić information content (AvgIpc) is 3.73. The van der Waals surface area contributed by atoms with Crippen LogP contribution >= 0.6 is 11.3 Å². The second kappa shape index (κ2) is 9.32. The van der Waals surface area contributed by atoms with Crippen molar-refractivity contribution in [2.45, 2.75) is 19.3 Å². The van der Waals surface area contributed by atoms with Crippen molar-refractivity contribution in [2.75, 3.05) is 4.90 Å². The summed E-state index contributed by atoms with van der Waals surface area (Å²) >= 11 is 1.87. The molecule has 2 nitrogen and oxygen atoms in total. The molecular formula is C43H29NOS. The minimum absolute atomic E-state index is 0.0938. The fourth-order valence-electron chi connectivity index (χ4n) is 7.80. The molecule has 0 saturated heterocycles. The van der Waals surface area contributed by atoms with Crippen molar-refractivity contribution in [1.82, 2.24) is 0 Å². The molecule has 2 aromatic heterocycles. The van der Waals surface area contributed by atoms with E-state index < -0.39 is 0 Å². The summed E-state index contributed by atoms with van der Waals surface area (Å²) in [5.74, 6) is 0. The predicted octanol–water partition coefficient (Wildman–Crippen LogP) is 12.9. The van der Waals surface area contributed by atoms with Crippen LogP contribution in [0, 0.1) is 0 Å². The highest BCUT2D eigenvalue weighted by atomic mass is 32.1. The van der Waals surface area contributed by atoms with Crippen LogP contribution in [0.15, 0.2) is 144 Å². The highest BCUT2D eigenvalue weighted by Crippen LogP contribution is 2.51. The Kier molecular flexibility index (Phi) is 5.25. The summed E-state index contributed by atoms with van der Waals surface area (Å²) in [5, 5.41) is 7.44. The van der Waals surface area contributed by atoms with Crippen LogP contribution in [-0.2, 0) is 5.41 Å². The number of rotatable bonds is 3. The number of para-hydroxylation sites is 1. The Balaban J connectivity index is 1.24. The summed E-state index contributed by atoms with van der Waals surface area (Å²) in [6.45, 7) is 4.70. The first-order valence-electron chi connectivity index (χ1n) is 15.8. The minimum atomic E-state index is -0.0938. The monoisotopic (exact) mass is 607 g/mol. The number of furan rings is 1. The zero-order chi connectivity index (χ0) is 30.6. The van der Waals surface area contributed by atoms with Gasteiger partial charge in [0.05, 0.1) is 0 Å². The molecule has 7 aromatic carbocycles. The minimum Gasteiger partial charge on any atom is -0.456 e. The van der Waals surface area contributed by atoms with Crippen LogP contribution in [0.2, 0.25) is 0 Å². The van der Waals surface area contributed by atoms with E-state index in [4.69, 9.17) is 4.42 Å². The third-order valence-corrected chi connectivity index (χ3v) is 11.2. The Bertz CT molecular complexity index is 2690. The lowest BCUT2D eigenvalue weighted by Crippen LogP contribution is -2.16. The maximum absolute atomic E-state index is 6.24. The molecule has 10 rings (SSSR count). The summed E-state index contributed by atoms with van der Waals surface area (Å²) in [4.78, 5) is 2.42. The molecule has 0 spiro atoms. The summed E-state index contributed by atoms with van der Waals surface area (Å²) in [6.07, 6.45) is 0. The molecule has 46 heavy (non-hydrogen) atoms. The number of thiophene rings is 1. The van der Waals surface area contributed by atoms with Crippen LogP contribution < -0.4 is 4.90 Å². The van der Waals surface area contributed by atoms with E-state index in [1.54, 1.807) is 0 Å². The maximum Gasteiger partial charge on any atom is 0.135 e. The van der Waals surface area contributed by atoms with Crippen LogP contribution in [0.5, 0.6) is 0 Å². The summed E-state index contributed by atoms with van der Waals surface area (Å²) < 4.78 is 8.89. The molecule has 0 fully saturated rings. The van der Waals surface area contributed by atoms with E-state index in [-0.39, 0.29) is 5.41 Å². The van der Waals surface area contributed by atoms with Gasteiger partial charge in [-0.15, -0.1) is 11.3 Å². The molecule has 0 atom stereocenters. The highest BCUT2D eigenvalue weighted by molar-refractivity contribution is 7.26. The van der Waals surface area contributed by atoms with E-state index in [1.807, 2.05) is 23.5 Å². The van der Waals surface area contributed by atoms with Gasteiger partial charge in [0.2, 0.25) is 0 Å². The quantitative estimate of drug-likeness (QED) is 0.199. The molecule has 0 aliphatic heterocycles. The number of hydrogen-bond acceptors (Lipinski definition) is 3. The lowest BCUT2D eigenvalue weighted by molar-refractivity contribution is 0.660. The summed E-state index contributed by atoms with van der Waals surface area (Å²) in [5.41, 5.74) is 10.5. The van der Waals surface area contributed by atoms with Crippen molar-refractivity contribution in [3.05, 3.63) is 151 Å². The van der Waals surface area contributed by atoms with Gasteiger partial charge in [-0.1, -0.05) is 92.7 Å². The number of anilines is 3. The Morgan fingerprint density at radius 2 is 1.15 bits per heavy atom. The van der Waals surface area contributed by atoms with Crippen molar-refractivity contribution in [3.63, 3.8) is 0 Å². The third-order valence-electron chi connectivity index (χ3n) is 10.0. The van der Waals surface area contributed by atoms with Gasteiger partial charge in [0.25, 0.3) is 0 Å². The average molecular weight is 608 g/mol. The standard InChI is InChI=1S/C43H29NOS/c1-43(2)36-12-6-3-9-30(36)31-20-18-29(25-37(31)43)44(28-19-21-39-35(24-28)32-10-4-7-13-38(32)45-39)27-17-15-26-16-22-41-42(34(26)23-27)33-11-5-8-14-40(33)46-41/h3-25H,1-2H3. The normalized spacial score (nSPS) is 13.6. The molecule has 1 aliphatic carbocycles. The molecule has 218 valence electrons. The van der Waals surface area contributed by atoms with Crippen LogP contribution in [-0.4, -0.2) is 0 Å². The molecule has 3 heteroatoms. The van der Waals surface area contributed by atoms with E-state index >= 15 is 0 Å². The number of benzene rings is 7. The first-order valence-corrected chi connectivity index (χ1v) is 16.7. The summed E-state index contributed by atoms with van der Waals surface area (Å²) in [7, 11) is 0. The van der Waals surface area contributed by atoms with Gasteiger partial charge in [-0.25, -0.2) is 0 Å². The topological polar surface area (TPSA) is 16.4 Å². The smallest absolute Gasteiger partial charge is 0.135 e. The second-order valence-electron chi connectivity index (χ2n) is 13.0. The molecule has 0 unspecified atom stereocenters. The molecule has 0 saturated carbocycles. The Hall–Kier alpha value is -5.38. The molecule has 0 amide bonds. The van der Waals surface area contributed by atoms with Crippen LogP contribution in [0.1, 0.15) is 25.0 Å². The van der Waals surface area contributed by atoms with E-state index in [2.05, 4.69) is 146 Å². The van der Waals surface area contributed by atoms with Gasteiger partial charge in [0.1, 0.15) is 11.2 Å². The van der Waals surface area contributed by atoms with Crippen LogP contribution in [0.4, 0.5) is 17.1 Å². The maximum atomic E-state index is 6.24. The van der Waals surface area contributed by atoms with Gasteiger partial charge in [-0.05, 0) is 93.7 Å². The second-order valence-corrected chi connectivity index (χ2v) is 14.0. The van der Waals surface area contributed by atoms with Crippen molar-refractivity contribution in [2.24, 2.45) is 0 Å². The predicted molar refractivity (Wildman–Crippen MR) is 196 cm³/mol. The lowest BCUT2D eigenvalue weighted by atomic mass is 9.82. The van der Waals surface area contributed by atoms with Crippen molar-refractivity contribution in [3.8, 4) is 11.1 Å². The van der Waals surface area contributed by atoms with E-state index in [9.17, 15) is 0 Å². The number of fused-ring (bicyclic) bond motifs is 11. The number of hydrogen-bond donors (Lipinski definition) is 0. The molecule has 1 aliphatic rings. The first-order chi connectivity index (χ1) is 22.5. The van der Waals surface area contributed by atoms with E-state index in [0.717, 1.165) is 39.0 Å². The van der Waals surface area contributed by atoms with Crippen molar-refractivity contribution in [1.29, 1.82) is 0 Å². The molecule has 0 N–H and O–H groups in total. The van der Waals surface area contributed by atoms with Gasteiger partial charge >= 0.3 is 0 Å². The van der Waals surface area contributed by atoms with Gasteiger partial charge in [0.15, 0.2) is 0 Å². The zero-order valence-electron chi connectivity index (χ0n) is 25.5. The van der Waals surface area contributed by atoms with Gasteiger partial charge < -0.3 is 9.32 Å². The fourth-order valence-corrected chi connectivity index (χ4v) is 8.92. The van der Waals surface area contributed by atoms with Crippen molar-refractivity contribution < 1.29 is 4.42 Å². The first kappa shape index (κ1) is 25.9. The molecule has 0 radical (unpaired) electrons. The molecular weight excluding hydrogens is 579 g/mol. The van der Waals surface area contributed by atoms with Gasteiger partial charge in [0, 0.05) is 53.4 Å². The Morgan fingerprint density at radius 1 is 0.500 bits per heavy atom. The Morgan fingerprint density at radius 3 is 2.07 bits per heavy atom. The number of nitrogens with zero attached hydrogens (tertiary/aromatic N) is 1. The highest BCUT2D eigenvalue weighted by Gasteiger charge is 2.35. The summed E-state index contributed by atoms with van der Waals surface area (Å²) in [6, 6.07) is 51.1. The van der Waals surface area contributed by atoms with Gasteiger partial charge in [-0.3, -0.25) is 0 Å². The van der Waals surface area contributed by atoms with E-state index in [1.165, 1.54) is 53.2 Å². The Labute approximate surface area is 270 Å². The molecule has 0 bridgehead atoms. The van der Waals surface area contributed by atoms with Crippen molar-refractivity contribution >= 4 is 81.3 Å². The lowest BCUT2D eigenvalue weighted by Gasteiger charge is -2.28. The molecule has 2 heterocycles. The van der Waals surface area contributed by atoms with Crippen LogP contribution in [0.25, 0.3) is 64.0 Å². The third kappa shape index (κ3) is 3.58. The zero-order valence-corrected chi connectivity index (χ0v) is 26.4. The molecule has 9 aromatic rings. The van der Waals surface area contributed by atoms with E-state index in [0.29, 0.717) is 0 Å². The fraction of sp³-hybridized carbons (Fsp3) is 0.0698. The van der Waals surface area contributed by atoms with Crippen LogP contribution in [0.3, 0.4) is 0 Å². The largest absolute Gasteiger partial charge is 0.456 e.